The lowest BCUT2D eigenvalue weighted by molar-refractivity contribution is -0.137. The molecule has 94 valence electrons. The number of carbonyl (C=O) groups excluding carboxylic acids is 1. The SMILES string of the molecule is COC(=O)C(=[N+]=[N-])c1cccc(-c2ccccc2)c1. The molecule has 0 fully saturated rings. The molecule has 2 aromatic rings. The maximum Gasteiger partial charge on any atom is 0.422 e. The van der Waals surface area contributed by atoms with E-state index >= 15 is 0 Å². The highest BCUT2D eigenvalue weighted by atomic mass is 16.5. The van der Waals surface area contributed by atoms with Gasteiger partial charge in [-0.1, -0.05) is 42.5 Å². The van der Waals surface area contributed by atoms with Crippen molar-refractivity contribution in [2.24, 2.45) is 0 Å². The number of esters is 1. The van der Waals surface area contributed by atoms with Crippen LogP contribution in [0.3, 0.4) is 0 Å². The van der Waals surface area contributed by atoms with Crippen LogP contribution in [0.5, 0.6) is 0 Å². The van der Waals surface area contributed by atoms with Crippen LogP contribution in [0.1, 0.15) is 5.56 Å². The van der Waals surface area contributed by atoms with E-state index < -0.39 is 5.97 Å². The van der Waals surface area contributed by atoms with Crippen LogP contribution in [-0.4, -0.2) is 23.6 Å². The third-order valence-electron chi connectivity index (χ3n) is 2.72. The lowest BCUT2D eigenvalue weighted by atomic mass is 10.0. The molecular formula is C15H12N2O2. The van der Waals surface area contributed by atoms with E-state index in [9.17, 15) is 4.79 Å². The Morgan fingerprint density at radius 1 is 1.05 bits per heavy atom. The zero-order valence-corrected chi connectivity index (χ0v) is 10.4. The molecule has 19 heavy (non-hydrogen) atoms. The van der Waals surface area contributed by atoms with Gasteiger partial charge >= 0.3 is 11.7 Å². The highest BCUT2D eigenvalue weighted by Crippen LogP contribution is 2.20. The number of carbonyl (C=O) groups is 1. The molecule has 2 aromatic carbocycles. The van der Waals surface area contributed by atoms with Gasteiger partial charge in [-0.2, -0.15) is 4.79 Å². The van der Waals surface area contributed by atoms with E-state index in [-0.39, 0.29) is 5.71 Å². The molecular weight excluding hydrogens is 240 g/mol. The summed E-state index contributed by atoms with van der Waals surface area (Å²) in [7, 11) is 1.24. The fraction of sp³-hybridized carbons (Fsp3) is 0.0667. The molecule has 0 aromatic heterocycles. The number of ether oxygens (including phenoxy) is 1. The Morgan fingerprint density at radius 2 is 1.74 bits per heavy atom. The predicted molar refractivity (Wildman–Crippen MR) is 71.6 cm³/mol. The molecule has 0 atom stereocenters. The van der Waals surface area contributed by atoms with Crippen LogP contribution in [-0.2, 0) is 9.53 Å². The summed E-state index contributed by atoms with van der Waals surface area (Å²) in [6.07, 6.45) is 0. The number of rotatable bonds is 3. The summed E-state index contributed by atoms with van der Waals surface area (Å²) < 4.78 is 4.57. The minimum absolute atomic E-state index is 0.111. The van der Waals surface area contributed by atoms with Crippen molar-refractivity contribution in [3.8, 4) is 11.1 Å². The minimum Gasteiger partial charge on any atom is -0.460 e. The zero-order valence-electron chi connectivity index (χ0n) is 10.4. The van der Waals surface area contributed by atoms with E-state index in [4.69, 9.17) is 5.53 Å². The van der Waals surface area contributed by atoms with E-state index in [1.165, 1.54) is 7.11 Å². The molecule has 0 saturated heterocycles. The zero-order chi connectivity index (χ0) is 13.7. The molecule has 0 radical (unpaired) electrons. The van der Waals surface area contributed by atoms with Gasteiger partial charge in [-0.15, -0.1) is 0 Å². The summed E-state index contributed by atoms with van der Waals surface area (Å²) in [6, 6.07) is 16.9. The Bertz CT molecular complexity index is 644. The van der Waals surface area contributed by atoms with Crippen molar-refractivity contribution in [3.05, 3.63) is 65.7 Å². The molecule has 0 N–H and O–H groups in total. The average molecular weight is 252 g/mol. The smallest absolute Gasteiger partial charge is 0.422 e. The first-order chi connectivity index (χ1) is 9.26. The normalized spacial score (nSPS) is 9.53. The largest absolute Gasteiger partial charge is 0.460 e. The van der Waals surface area contributed by atoms with Crippen LogP contribution in [0.2, 0.25) is 0 Å². The molecule has 0 aliphatic rings. The summed E-state index contributed by atoms with van der Waals surface area (Å²) in [4.78, 5) is 14.5. The average Bonchev–Trinajstić information content (AvgIpc) is 2.49. The second-order valence-corrected chi connectivity index (χ2v) is 3.89. The maximum atomic E-state index is 11.5. The van der Waals surface area contributed by atoms with Gasteiger partial charge in [-0.25, -0.2) is 4.79 Å². The van der Waals surface area contributed by atoms with Crippen molar-refractivity contribution >= 4 is 11.7 Å². The summed E-state index contributed by atoms with van der Waals surface area (Å²) in [5.41, 5.74) is 11.3. The van der Waals surface area contributed by atoms with Crippen molar-refractivity contribution in [1.82, 2.24) is 0 Å². The lowest BCUT2D eigenvalue weighted by Gasteiger charge is -2.02. The first-order valence-electron chi connectivity index (χ1n) is 5.72. The quantitative estimate of drug-likeness (QED) is 0.365. The van der Waals surface area contributed by atoms with E-state index in [2.05, 4.69) is 9.53 Å². The molecule has 0 amide bonds. The topological polar surface area (TPSA) is 62.7 Å². The lowest BCUT2D eigenvalue weighted by Crippen LogP contribution is -2.18. The third-order valence-corrected chi connectivity index (χ3v) is 2.72. The highest BCUT2D eigenvalue weighted by Gasteiger charge is 2.23. The van der Waals surface area contributed by atoms with Crippen molar-refractivity contribution in [2.45, 2.75) is 0 Å². The molecule has 2 rings (SSSR count). The van der Waals surface area contributed by atoms with Crippen LogP contribution in [0.15, 0.2) is 54.6 Å². The summed E-state index contributed by atoms with van der Waals surface area (Å²) in [5, 5.41) is 0. The molecule has 0 saturated carbocycles. The van der Waals surface area contributed by atoms with E-state index in [0.29, 0.717) is 5.56 Å². The van der Waals surface area contributed by atoms with Gasteiger partial charge in [0.2, 0.25) is 0 Å². The van der Waals surface area contributed by atoms with Gasteiger partial charge in [0.25, 0.3) is 0 Å². The van der Waals surface area contributed by atoms with Gasteiger partial charge in [-0.05, 0) is 23.3 Å². The van der Waals surface area contributed by atoms with Gasteiger partial charge in [0, 0.05) is 0 Å². The van der Waals surface area contributed by atoms with Crippen LogP contribution in [0, 0.1) is 0 Å². The van der Waals surface area contributed by atoms with Crippen molar-refractivity contribution in [3.63, 3.8) is 0 Å². The molecule has 0 spiro atoms. The molecule has 0 heterocycles. The van der Waals surface area contributed by atoms with Gasteiger partial charge in [0.1, 0.15) is 0 Å². The monoisotopic (exact) mass is 252 g/mol. The highest BCUT2D eigenvalue weighted by molar-refractivity contribution is 6.40. The van der Waals surface area contributed by atoms with Crippen molar-refractivity contribution in [1.29, 1.82) is 0 Å². The molecule has 4 nitrogen and oxygen atoms in total. The molecule has 0 aliphatic carbocycles. The van der Waals surface area contributed by atoms with Crippen LogP contribution < -0.4 is 0 Å². The second kappa shape index (κ2) is 5.76. The van der Waals surface area contributed by atoms with E-state index in [0.717, 1.165) is 11.1 Å². The number of methoxy groups -OCH3 is 1. The van der Waals surface area contributed by atoms with Gasteiger partial charge in [-0.3, -0.25) is 0 Å². The van der Waals surface area contributed by atoms with Gasteiger partial charge < -0.3 is 10.3 Å². The molecule has 0 unspecified atom stereocenters. The van der Waals surface area contributed by atoms with Gasteiger partial charge in [0.15, 0.2) is 0 Å². The number of hydrogen-bond acceptors (Lipinski definition) is 2. The summed E-state index contributed by atoms with van der Waals surface area (Å²) >= 11 is 0. The second-order valence-electron chi connectivity index (χ2n) is 3.89. The number of nitrogens with zero attached hydrogens (tertiary/aromatic N) is 2. The van der Waals surface area contributed by atoms with E-state index in [1.54, 1.807) is 18.2 Å². The van der Waals surface area contributed by atoms with Crippen LogP contribution in [0.25, 0.3) is 16.7 Å². The summed E-state index contributed by atoms with van der Waals surface area (Å²) in [5.74, 6) is -0.673. The number of benzene rings is 2. The molecule has 0 bridgehead atoms. The van der Waals surface area contributed by atoms with Crippen LogP contribution >= 0.6 is 0 Å². The maximum absolute atomic E-state index is 11.5. The Morgan fingerprint density at radius 3 is 2.37 bits per heavy atom. The summed E-state index contributed by atoms with van der Waals surface area (Å²) in [6.45, 7) is 0. The van der Waals surface area contributed by atoms with Crippen molar-refractivity contribution < 1.29 is 14.3 Å². The first-order valence-corrected chi connectivity index (χ1v) is 5.72. The molecule has 4 heteroatoms. The van der Waals surface area contributed by atoms with Crippen LogP contribution in [0.4, 0.5) is 0 Å². The predicted octanol–water partition coefficient (Wildman–Crippen LogP) is 2.55. The Hall–Kier alpha value is -2.71. The fourth-order valence-corrected chi connectivity index (χ4v) is 1.79. The standard InChI is InChI=1S/C15H12N2O2/c1-19-15(18)14(17-16)13-9-5-8-12(10-13)11-6-3-2-4-7-11/h2-10H,1H3. The minimum atomic E-state index is -0.673. The number of hydrogen-bond donors (Lipinski definition) is 0. The van der Waals surface area contributed by atoms with E-state index in [1.807, 2.05) is 36.4 Å². The molecule has 0 aliphatic heterocycles. The third kappa shape index (κ3) is 2.76. The first kappa shape index (κ1) is 12.7. The van der Waals surface area contributed by atoms with Crippen molar-refractivity contribution in [2.75, 3.05) is 7.11 Å². The fourth-order valence-electron chi connectivity index (χ4n) is 1.79. The Balaban J connectivity index is 2.46. The Labute approximate surface area is 110 Å². The Kier molecular flexibility index (Phi) is 3.86. The van der Waals surface area contributed by atoms with Gasteiger partial charge in [0.05, 0.1) is 12.7 Å².